The molecule has 0 N–H and O–H groups in total. The maximum absolute atomic E-state index is 11.2. The molecule has 0 aliphatic heterocycles. The van der Waals surface area contributed by atoms with Crippen LogP contribution in [0.4, 0.5) is 0 Å². The lowest BCUT2D eigenvalue weighted by atomic mass is 10.3. The lowest BCUT2D eigenvalue weighted by Crippen LogP contribution is -1.92. The zero-order valence-electron chi connectivity index (χ0n) is 9.61. The molecule has 0 aromatic heterocycles. The molecule has 0 aliphatic rings. The molecule has 3 nitrogen and oxygen atoms in total. The van der Waals surface area contributed by atoms with Crippen LogP contribution in [0.15, 0.2) is 41.3 Å². The van der Waals surface area contributed by atoms with Crippen molar-refractivity contribution < 1.29 is 13.2 Å². The Balaban J connectivity index is 2.35. The first-order chi connectivity index (χ1) is 9.27. The normalized spacial score (nSPS) is 11.4. The summed E-state index contributed by atoms with van der Waals surface area (Å²) in [6, 6.07) is 8.57. The molecule has 0 bridgehead atoms. The van der Waals surface area contributed by atoms with Gasteiger partial charge in [-0.05, 0) is 36.4 Å². The Kier molecular flexibility index (Phi) is 4.72. The van der Waals surface area contributed by atoms with Gasteiger partial charge in [-0.25, -0.2) is 8.42 Å². The van der Waals surface area contributed by atoms with E-state index < -0.39 is 9.05 Å². The van der Waals surface area contributed by atoms with Gasteiger partial charge in [0.05, 0.1) is 14.9 Å². The quantitative estimate of drug-likeness (QED) is 0.681. The van der Waals surface area contributed by atoms with Gasteiger partial charge in [-0.2, -0.15) is 0 Å². The van der Waals surface area contributed by atoms with Crippen molar-refractivity contribution >= 4 is 54.5 Å². The van der Waals surface area contributed by atoms with Gasteiger partial charge >= 0.3 is 0 Å². The highest BCUT2D eigenvalue weighted by Gasteiger charge is 2.14. The van der Waals surface area contributed by atoms with Gasteiger partial charge in [0, 0.05) is 15.7 Å². The number of benzene rings is 2. The van der Waals surface area contributed by atoms with Crippen LogP contribution in [0.25, 0.3) is 0 Å². The molecule has 0 unspecified atom stereocenters. The van der Waals surface area contributed by atoms with E-state index in [2.05, 4.69) is 0 Å². The molecule has 2 aromatic carbocycles. The van der Waals surface area contributed by atoms with Crippen LogP contribution in [-0.4, -0.2) is 8.42 Å². The molecule has 0 fully saturated rings. The van der Waals surface area contributed by atoms with Gasteiger partial charge in [0.1, 0.15) is 11.5 Å². The fourth-order valence-corrected chi connectivity index (χ4v) is 2.90. The highest BCUT2D eigenvalue weighted by molar-refractivity contribution is 8.13. The standard InChI is InChI=1S/C12H6Cl4O3S/c13-7-1-3-11(9(14)5-7)19-12-4-2-8(6-10(12)15)20(16,17)18/h1-6H. The van der Waals surface area contributed by atoms with Crippen molar-refractivity contribution in [3.63, 3.8) is 0 Å². The van der Waals surface area contributed by atoms with Crippen LogP contribution in [0.5, 0.6) is 11.5 Å². The first-order valence-electron chi connectivity index (χ1n) is 5.14. The van der Waals surface area contributed by atoms with Crippen molar-refractivity contribution in [1.29, 1.82) is 0 Å². The van der Waals surface area contributed by atoms with Gasteiger partial charge in [-0.3, -0.25) is 0 Å². The first kappa shape index (κ1) is 15.7. The molecule has 0 atom stereocenters. The predicted octanol–water partition coefficient (Wildman–Crippen LogP) is 5.37. The molecule has 2 rings (SSSR count). The Morgan fingerprint density at radius 2 is 1.40 bits per heavy atom. The lowest BCUT2D eigenvalue weighted by molar-refractivity contribution is 0.482. The summed E-state index contributed by atoms with van der Waals surface area (Å²) in [7, 11) is 1.38. The van der Waals surface area contributed by atoms with Gasteiger partial charge in [-0.1, -0.05) is 34.8 Å². The lowest BCUT2D eigenvalue weighted by Gasteiger charge is -2.10. The smallest absolute Gasteiger partial charge is 0.261 e. The van der Waals surface area contributed by atoms with E-state index in [1.807, 2.05) is 0 Å². The average molecular weight is 372 g/mol. The second kappa shape index (κ2) is 6.00. The summed E-state index contributed by atoms with van der Waals surface area (Å²) < 4.78 is 27.9. The first-order valence-corrected chi connectivity index (χ1v) is 8.59. The SMILES string of the molecule is O=S(=O)(Cl)c1ccc(Oc2ccc(Cl)cc2Cl)c(Cl)c1. The molecular formula is C12H6Cl4O3S. The van der Waals surface area contributed by atoms with Gasteiger partial charge in [0.25, 0.3) is 9.05 Å². The zero-order chi connectivity index (χ0) is 14.9. The molecule has 106 valence electrons. The Morgan fingerprint density at radius 1 is 0.850 bits per heavy atom. The minimum absolute atomic E-state index is 0.0951. The van der Waals surface area contributed by atoms with E-state index in [1.165, 1.54) is 24.3 Å². The third-order valence-electron chi connectivity index (χ3n) is 2.30. The fourth-order valence-electron chi connectivity index (χ4n) is 1.39. The monoisotopic (exact) mass is 370 g/mol. The summed E-state index contributed by atoms with van der Waals surface area (Å²) in [5, 5.41) is 0.873. The van der Waals surface area contributed by atoms with E-state index in [4.69, 9.17) is 50.2 Å². The predicted molar refractivity (Wildman–Crippen MR) is 81.0 cm³/mol. The van der Waals surface area contributed by atoms with Crippen LogP contribution >= 0.6 is 45.5 Å². The third kappa shape index (κ3) is 3.71. The van der Waals surface area contributed by atoms with Crippen molar-refractivity contribution in [2.24, 2.45) is 0 Å². The molecular weight excluding hydrogens is 366 g/mol. The van der Waals surface area contributed by atoms with E-state index in [-0.39, 0.29) is 15.7 Å². The van der Waals surface area contributed by atoms with E-state index in [0.29, 0.717) is 15.8 Å². The highest BCUT2D eigenvalue weighted by Crippen LogP contribution is 2.36. The number of rotatable bonds is 3. The van der Waals surface area contributed by atoms with Crippen LogP contribution in [0.2, 0.25) is 15.1 Å². The number of halogens is 4. The van der Waals surface area contributed by atoms with E-state index in [0.717, 1.165) is 0 Å². The molecule has 0 radical (unpaired) electrons. The van der Waals surface area contributed by atoms with Gasteiger partial charge in [-0.15, -0.1) is 0 Å². The van der Waals surface area contributed by atoms with Gasteiger partial charge in [0.15, 0.2) is 0 Å². The van der Waals surface area contributed by atoms with E-state index in [1.54, 1.807) is 12.1 Å². The number of ether oxygens (including phenoxy) is 1. The maximum Gasteiger partial charge on any atom is 0.261 e. The second-order valence-corrected chi connectivity index (χ2v) is 7.52. The molecule has 0 saturated carbocycles. The maximum atomic E-state index is 11.2. The summed E-state index contributed by atoms with van der Waals surface area (Å²) in [4.78, 5) is -0.112. The zero-order valence-corrected chi connectivity index (χ0v) is 13.4. The second-order valence-electron chi connectivity index (χ2n) is 3.71. The van der Waals surface area contributed by atoms with Crippen LogP contribution in [0, 0.1) is 0 Å². The summed E-state index contributed by atoms with van der Waals surface area (Å²) in [5.41, 5.74) is 0. The van der Waals surface area contributed by atoms with Crippen molar-refractivity contribution in [3.05, 3.63) is 51.5 Å². The Bertz CT molecular complexity index is 759. The Morgan fingerprint density at radius 3 is 1.90 bits per heavy atom. The topological polar surface area (TPSA) is 43.4 Å². The van der Waals surface area contributed by atoms with Crippen LogP contribution in [0.1, 0.15) is 0 Å². The molecule has 0 spiro atoms. The largest absolute Gasteiger partial charge is 0.454 e. The molecule has 0 amide bonds. The molecule has 20 heavy (non-hydrogen) atoms. The van der Waals surface area contributed by atoms with E-state index in [9.17, 15) is 8.42 Å². The molecule has 8 heteroatoms. The Labute approximate surface area is 135 Å². The van der Waals surface area contributed by atoms with E-state index >= 15 is 0 Å². The summed E-state index contributed by atoms with van der Waals surface area (Å²) >= 11 is 17.7. The molecule has 0 heterocycles. The number of hydrogen-bond acceptors (Lipinski definition) is 3. The molecule has 0 aliphatic carbocycles. The van der Waals surface area contributed by atoms with Gasteiger partial charge in [0.2, 0.25) is 0 Å². The third-order valence-corrected chi connectivity index (χ3v) is 4.48. The minimum Gasteiger partial charge on any atom is -0.454 e. The Hall–Kier alpha value is -0.650. The highest BCUT2D eigenvalue weighted by atomic mass is 35.7. The van der Waals surface area contributed by atoms with Crippen LogP contribution in [-0.2, 0) is 9.05 Å². The minimum atomic E-state index is -3.84. The van der Waals surface area contributed by atoms with Crippen molar-refractivity contribution in [1.82, 2.24) is 0 Å². The van der Waals surface area contributed by atoms with Crippen LogP contribution < -0.4 is 4.74 Å². The van der Waals surface area contributed by atoms with Crippen molar-refractivity contribution in [2.75, 3.05) is 0 Å². The van der Waals surface area contributed by atoms with Crippen molar-refractivity contribution in [3.8, 4) is 11.5 Å². The average Bonchev–Trinajstić information content (AvgIpc) is 2.33. The fraction of sp³-hybridized carbons (Fsp3) is 0. The molecule has 2 aromatic rings. The van der Waals surface area contributed by atoms with Crippen LogP contribution in [0.3, 0.4) is 0 Å². The summed E-state index contributed by atoms with van der Waals surface area (Å²) in [6.45, 7) is 0. The summed E-state index contributed by atoms with van der Waals surface area (Å²) in [5.74, 6) is 0.597. The molecule has 0 saturated heterocycles. The van der Waals surface area contributed by atoms with Gasteiger partial charge < -0.3 is 4.74 Å². The van der Waals surface area contributed by atoms with Crippen molar-refractivity contribution in [2.45, 2.75) is 4.90 Å². The summed E-state index contributed by atoms with van der Waals surface area (Å²) in [6.07, 6.45) is 0. The number of hydrogen-bond donors (Lipinski definition) is 0.